The Morgan fingerprint density at radius 2 is 2.17 bits per heavy atom. The number of pyridine rings is 1. The minimum absolute atomic E-state index is 0.444. The molecule has 1 aromatic carbocycles. The molecule has 2 aromatic rings. The predicted molar refractivity (Wildman–Crippen MR) is 72.3 cm³/mol. The topological polar surface area (TPSA) is 48.7 Å². The van der Waals surface area contributed by atoms with E-state index in [0.717, 1.165) is 18.7 Å². The molecule has 0 saturated heterocycles. The van der Waals surface area contributed by atoms with Crippen LogP contribution in [0.5, 0.6) is 0 Å². The quantitative estimate of drug-likeness (QED) is 0.889. The van der Waals surface area contributed by atoms with Crippen LogP contribution in [0.4, 0.5) is 5.69 Å². The van der Waals surface area contributed by atoms with Gasteiger partial charge in [0, 0.05) is 6.54 Å². The maximum atomic E-state index is 8.65. The first-order chi connectivity index (χ1) is 8.78. The molecular weight excluding hydrogens is 222 g/mol. The van der Waals surface area contributed by atoms with Crippen LogP contribution in [0.2, 0.25) is 0 Å². The second-order valence-electron chi connectivity index (χ2n) is 4.21. The number of nitrogens with one attached hydrogen (secondary N) is 1. The van der Waals surface area contributed by atoms with Gasteiger partial charge in [-0.25, -0.2) is 4.98 Å². The van der Waals surface area contributed by atoms with Gasteiger partial charge < -0.3 is 5.32 Å². The number of anilines is 1. The molecule has 0 bridgehead atoms. The van der Waals surface area contributed by atoms with Crippen LogP contribution in [0, 0.1) is 18.3 Å². The summed E-state index contributed by atoms with van der Waals surface area (Å²) in [5.74, 6) is 0. The van der Waals surface area contributed by atoms with E-state index in [1.165, 1.54) is 11.1 Å². The minimum Gasteiger partial charge on any atom is -0.383 e. The predicted octanol–water partition coefficient (Wildman–Crippen LogP) is 2.92. The van der Waals surface area contributed by atoms with E-state index in [1.807, 2.05) is 12.1 Å². The fourth-order valence-corrected chi connectivity index (χ4v) is 1.78. The Bertz CT molecular complexity index is 553. The van der Waals surface area contributed by atoms with E-state index in [-0.39, 0.29) is 0 Å². The van der Waals surface area contributed by atoms with Crippen LogP contribution in [-0.4, -0.2) is 11.5 Å². The molecule has 0 atom stereocenters. The van der Waals surface area contributed by atoms with Crippen molar-refractivity contribution in [1.82, 2.24) is 4.98 Å². The van der Waals surface area contributed by atoms with Gasteiger partial charge >= 0.3 is 0 Å². The molecule has 3 nitrogen and oxygen atoms in total. The van der Waals surface area contributed by atoms with Crippen LogP contribution in [-0.2, 0) is 6.42 Å². The highest BCUT2D eigenvalue weighted by atomic mass is 14.9. The average molecular weight is 237 g/mol. The Kier molecular flexibility index (Phi) is 3.93. The zero-order valence-electron chi connectivity index (χ0n) is 10.4. The van der Waals surface area contributed by atoms with Gasteiger partial charge in [0.05, 0.1) is 11.9 Å². The van der Waals surface area contributed by atoms with Gasteiger partial charge in [0.25, 0.3) is 0 Å². The molecular formula is C15H15N3. The number of aryl methyl sites for hydroxylation is 1. The van der Waals surface area contributed by atoms with Crippen molar-refractivity contribution in [2.45, 2.75) is 13.3 Å². The van der Waals surface area contributed by atoms with Crippen LogP contribution in [0.3, 0.4) is 0 Å². The SMILES string of the molecule is Cc1cccc(CCNc2ccc(C#N)nc2)c1. The second-order valence-corrected chi connectivity index (χ2v) is 4.21. The maximum absolute atomic E-state index is 8.65. The Hall–Kier alpha value is -2.34. The molecule has 0 saturated carbocycles. The smallest absolute Gasteiger partial charge is 0.140 e. The molecule has 0 spiro atoms. The van der Waals surface area contributed by atoms with Gasteiger partial charge in [-0.1, -0.05) is 29.8 Å². The molecule has 0 amide bonds. The molecule has 3 heteroatoms. The van der Waals surface area contributed by atoms with Crippen molar-refractivity contribution in [2.75, 3.05) is 11.9 Å². The van der Waals surface area contributed by atoms with Crippen LogP contribution in [0.15, 0.2) is 42.6 Å². The fraction of sp³-hybridized carbons (Fsp3) is 0.200. The van der Waals surface area contributed by atoms with Gasteiger partial charge in [0.2, 0.25) is 0 Å². The molecule has 0 unspecified atom stereocenters. The largest absolute Gasteiger partial charge is 0.383 e. The highest BCUT2D eigenvalue weighted by Gasteiger charge is 1.96. The Morgan fingerprint density at radius 3 is 2.83 bits per heavy atom. The van der Waals surface area contributed by atoms with E-state index in [2.05, 4.69) is 41.5 Å². The number of hydrogen-bond acceptors (Lipinski definition) is 3. The molecule has 0 radical (unpaired) electrons. The first-order valence-electron chi connectivity index (χ1n) is 5.93. The Morgan fingerprint density at radius 1 is 1.28 bits per heavy atom. The van der Waals surface area contributed by atoms with Crippen LogP contribution >= 0.6 is 0 Å². The third-order valence-electron chi connectivity index (χ3n) is 2.70. The van der Waals surface area contributed by atoms with Crippen LogP contribution < -0.4 is 5.32 Å². The zero-order chi connectivity index (χ0) is 12.8. The minimum atomic E-state index is 0.444. The van der Waals surface area contributed by atoms with Crippen molar-refractivity contribution in [3.63, 3.8) is 0 Å². The van der Waals surface area contributed by atoms with E-state index >= 15 is 0 Å². The van der Waals surface area contributed by atoms with Crippen LogP contribution in [0.1, 0.15) is 16.8 Å². The summed E-state index contributed by atoms with van der Waals surface area (Å²) in [5.41, 5.74) is 4.00. The standard InChI is InChI=1S/C15H15N3/c1-12-3-2-4-13(9-12)7-8-17-15-6-5-14(10-16)18-11-15/h2-6,9,11,17H,7-8H2,1H3. The van der Waals surface area contributed by atoms with E-state index in [4.69, 9.17) is 5.26 Å². The highest BCUT2D eigenvalue weighted by Crippen LogP contribution is 2.08. The van der Waals surface area contributed by atoms with Gasteiger partial charge in [0.1, 0.15) is 11.8 Å². The van der Waals surface area contributed by atoms with E-state index in [1.54, 1.807) is 12.3 Å². The summed E-state index contributed by atoms with van der Waals surface area (Å²) in [6.45, 7) is 2.96. The van der Waals surface area contributed by atoms with E-state index in [9.17, 15) is 0 Å². The lowest BCUT2D eigenvalue weighted by molar-refractivity contribution is 1.01. The van der Waals surface area contributed by atoms with Crippen LogP contribution in [0.25, 0.3) is 0 Å². The summed E-state index contributed by atoms with van der Waals surface area (Å²) >= 11 is 0. The average Bonchev–Trinajstić information content (AvgIpc) is 2.40. The lowest BCUT2D eigenvalue weighted by Gasteiger charge is -2.06. The van der Waals surface area contributed by atoms with Gasteiger partial charge in [-0.3, -0.25) is 0 Å². The molecule has 1 aromatic heterocycles. The van der Waals surface area contributed by atoms with Crippen molar-refractivity contribution in [1.29, 1.82) is 5.26 Å². The fourth-order valence-electron chi connectivity index (χ4n) is 1.78. The third kappa shape index (κ3) is 3.33. The number of aromatic nitrogens is 1. The number of nitriles is 1. The molecule has 0 aliphatic carbocycles. The molecule has 2 rings (SSSR count). The summed E-state index contributed by atoms with van der Waals surface area (Å²) < 4.78 is 0. The molecule has 1 heterocycles. The molecule has 1 N–H and O–H groups in total. The number of hydrogen-bond donors (Lipinski definition) is 1. The zero-order valence-corrected chi connectivity index (χ0v) is 10.4. The van der Waals surface area contributed by atoms with Crippen molar-refractivity contribution < 1.29 is 0 Å². The van der Waals surface area contributed by atoms with Crippen molar-refractivity contribution in [3.05, 3.63) is 59.4 Å². The molecule has 18 heavy (non-hydrogen) atoms. The summed E-state index contributed by atoms with van der Waals surface area (Å²) in [5, 5.41) is 11.9. The first-order valence-corrected chi connectivity index (χ1v) is 5.93. The normalized spacial score (nSPS) is 9.78. The van der Waals surface area contributed by atoms with Crippen molar-refractivity contribution in [3.8, 4) is 6.07 Å². The van der Waals surface area contributed by atoms with E-state index < -0.39 is 0 Å². The molecule has 0 aliphatic heterocycles. The number of benzene rings is 1. The Labute approximate surface area is 107 Å². The van der Waals surface area contributed by atoms with Crippen molar-refractivity contribution >= 4 is 5.69 Å². The second kappa shape index (κ2) is 5.83. The highest BCUT2D eigenvalue weighted by molar-refractivity contribution is 5.42. The number of rotatable bonds is 4. The summed E-state index contributed by atoms with van der Waals surface area (Å²) in [6, 6.07) is 14.1. The van der Waals surface area contributed by atoms with E-state index in [0.29, 0.717) is 5.69 Å². The van der Waals surface area contributed by atoms with Gasteiger partial charge in [-0.2, -0.15) is 5.26 Å². The molecule has 90 valence electrons. The third-order valence-corrected chi connectivity index (χ3v) is 2.70. The monoisotopic (exact) mass is 237 g/mol. The van der Waals surface area contributed by atoms with Gasteiger partial charge in [-0.15, -0.1) is 0 Å². The van der Waals surface area contributed by atoms with Gasteiger partial charge in [0.15, 0.2) is 0 Å². The first kappa shape index (κ1) is 12.1. The lowest BCUT2D eigenvalue weighted by atomic mass is 10.1. The van der Waals surface area contributed by atoms with Gasteiger partial charge in [-0.05, 0) is 31.0 Å². The summed E-state index contributed by atoms with van der Waals surface area (Å²) in [7, 11) is 0. The molecule has 0 aliphatic rings. The maximum Gasteiger partial charge on any atom is 0.140 e. The molecule has 0 fully saturated rings. The lowest BCUT2D eigenvalue weighted by Crippen LogP contribution is -2.05. The van der Waals surface area contributed by atoms with Crippen molar-refractivity contribution in [2.24, 2.45) is 0 Å². The Balaban J connectivity index is 1.86. The number of nitrogens with zero attached hydrogens (tertiary/aromatic N) is 2. The summed E-state index contributed by atoms with van der Waals surface area (Å²) in [6.07, 6.45) is 2.66. The summed E-state index contributed by atoms with van der Waals surface area (Å²) in [4.78, 5) is 4.01.